The van der Waals surface area contributed by atoms with E-state index in [1.165, 1.54) is 6.33 Å². The topological polar surface area (TPSA) is 43.1 Å². The van der Waals surface area contributed by atoms with E-state index in [1.54, 1.807) is 4.52 Å². The third kappa shape index (κ3) is 2.23. The van der Waals surface area contributed by atoms with Crippen molar-refractivity contribution in [2.24, 2.45) is 0 Å². The lowest BCUT2D eigenvalue weighted by Crippen LogP contribution is -1.98. The van der Waals surface area contributed by atoms with Gasteiger partial charge in [0, 0.05) is 16.1 Å². The van der Waals surface area contributed by atoms with Crippen LogP contribution in [0, 0.1) is 0 Å². The zero-order valence-corrected chi connectivity index (χ0v) is 12.3. The molecule has 5 heteroatoms. The summed E-state index contributed by atoms with van der Waals surface area (Å²) in [6, 6.07) is 19.7. The molecule has 0 saturated heterocycles. The lowest BCUT2D eigenvalue weighted by molar-refractivity contribution is 0.949. The fourth-order valence-corrected chi connectivity index (χ4v) is 2.52. The van der Waals surface area contributed by atoms with Gasteiger partial charge in [0.05, 0.1) is 11.4 Å². The number of halogens is 1. The minimum atomic E-state index is 0.575. The van der Waals surface area contributed by atoms with Crippen LogP contribution in [0.15, 0.2) is 67.0 Å². The van der Waals surface area contributed by atoms with Crippen molar-refractivity contribution in [3.8, 4) is 22.5 Å². The molecule has 0 fully saturated rings. The monoisotopic (exact) mass is 306 g/mol. The van der Waals surface area contributed by atoms with E-state index in [0.29, 0.717) is 10.8 Å². The van der Waals surface area contributed by atoms with E-state index in [1.807, 2.05) is 60.7 Å². The minimum absolute atomic E-state index is 0.575. The van der Waals surface area contributed by atoms with Gasteiger partial charge in [-0.15, -0.1) is 0 Å². The molecule has 0 radical (unpaired) electrons. The lowest BCUT2D eigenvalue weighted by Gasteiger charge is -2.07. The van der Waals surface area contributed by atoms with E-state index in [2.05, 4.69) is 15.1 Å². The molecular formula is C17H11ClN4. The van der Waals surface area contributed by atoms with Crippen molar-refractivity contribution in [1.82, 2.24) is 19.6 Å². The lowest BCUT2D eigenvalue weighted by atomic mass is 10.1. The molecule has 0 bridgehead atoms. The molecule has 0 N–H and O–H groups in total. The van der Waals surface area contributed by atoms with Gasteiger partial charge in [0.2, 0.25) is 0 Å². The summed E-state index contributed by atoms with van der Waals surface area (Å²) in [6.45, 7) is 0. The molecule has 0 amide bonds. The molecule has 4 aromatic rings. The van der Waals surface area contributed by atoms with Crippen molar-refractivity contribution in [2.75, 3.05) is 0 Å². The number of aromatic nitrogens is 4. The van der Waals surface area contributed by atoms with Gasteiger partial charge in [-0.05, 0) is 18.2 Å². The average Bonchev–Trinajstić information content (AvgIpc) is 3.04. The van der Waals surface area contributed by atoms with Gasteiger partial charge in [0.25, 0.3) is 5.78 Å². The number of hydrogen-bond acceptors (Lipinski definition) is 3. The second kappa shape index (κ2) is 5.24. The first-order valence-corrected chi connectivity index (χ1v) is 7.21. The fourth-order valence-electron chi connectivity index (χ4n) is 2.40. The number of hydrogen-bond donors (Lipinski definition) is 0. The first-order chi connectivity index (χ1) is 10.8. The smallest absolute Gasteiger partial charge is 0.211 e. The molecule has 4 nitrogen and oxygen atoms in total. The Morgan fingerprint density at radius 2 is 1.64 bits per heavy atom. The van der Waals surface area contributed by atoms with E-state index >= 15 is 0 Å². The molecule has 0 spiro atoms. The maximum absolute atomic E-state index is 5.96. The number of nitrogens with zero attached hydrogens (tertiary/aromatic N) is 4. The molecule has 0 aliphatic rings. The first-order valence-electron chi connectivity index (χ1n) is 6.83. The van der Waals surface area contributed by atoms with E-state index < -0.39 is 0 Å². The second-order valence-electron chi connectivity index (χ2n) is 4.87. The van der Waals surface area contributed by atoms with E-state index in [0.717, 1.165) is 22.5 Å². The average molecular weight is 307 g/mol. The molecule has 22 heavy (non-hydrogen) atoms. The van der Waals surface area contributed by atoms with Crippen molar-refractivity contribution >= 4 is 17.4 Å². The highest BCUT2D eigenvalue weighted by Gasteiger charge is 2.10. The van der Waals surface area contributed by atoms with Crippen LogP contribution in [0.25, 0.3) is 28.3 Å². The molecule has 0 aliphatic carbocycles. The summed E-state index contributed by atoms with van der Waals surface area (Å²) in [5, 5.41) is 4.97. The van der Waals surface area contributed by atoms with Gasteiger partial charge in [0.15, 0.2) is 0 Å². The Hall–Kier alpha value is -2.72. The summed E-state index contributed by atoms with van der Waals surface area (Å²) < 4.78 is 1.74. The van der Waals surface area contributed by atoms with Gasteiger partial charge in [-0.1, -0.05) is 54.1 Å². The van der Waals surface area contributed by atoms with Gasteiger partial charge in [-0.2, -0.15) is 14.6 Å². The second-order valence-corrected chi connectivity index (χ2v) is 5.31. The molecular weight excluding hydrogens is 296 g/mol. The zero-order valence-electron chi connectivity index (χ0n) is 11.5. The van der Waals surface area contributed by atoms with E-state index in [9.17, 15) is 0 Å². The Labute approximate surface area is 132 Å². The Kier molecular flexibility index (Phi) is 3.09. The third-order valence-electron chi connectivity index (χ3n) is 3.46. The number of rotatable bonds is 2. The normalized spacial score (nSPS) is 11.0. The summed E-state index contributed by atoms with van der Waals surface area (Å²) in [6.07, 6.45) is 1.51. The third-order valence-corrected chi connectivity index (χ3v) is 3.71. The molecule has 0 aliphatic heterocycles. The molecule has 0 unspecified atom stereocenters. The summed E-state index contributed by atoms with van der Waals surface area (Å²) in [4.78, 5) is 8.79. The Morgan fingerprint density at radius 1 is 0.864 bits per heavy atom. The molecule has 0 saturated carbocycles. The standard InChI is InChI=1S/C17H11ClN4/c18-14-8-6-12(7-9-14)15-10-16(13-4-2-1-3-5-13)22-17(21-15)19-11-20-22/h1-11H. The van der Waals surface area contributed by atoms with Crippen molar-refractivity contribution in [2.45, 2.75) is 0 Å². The van der Waals surface area contributed by atoms with E-state index in [-0.39, 0.29) is 0 Å². The van der Waals surface area contributed by atoms with Crippen LogP contribution in [0.1, 0.15) is 0 Å². The maximum Gasteiger partial charge on any atom is 0.253 e. The highest BCUT2D eigenvalue weighted by Crippen LogP contribution is 2.26. The predicted molar refractivity (Wildman–Crippen MR) is 86.7 cm³/mol. The van der Waals surface area contributed by atoms with Gasteiger partial charge in [0.1, 0.15) is 6.33 Å². The Bertz CT molecular complexity index is 930. The SMILES string of the molecule is Clc1ccc(-c2cc(-c3ccccc3)n3ncnc3n2)cc1. The van der Waals surface area contributed by atoms with Gasteiger partial charge < -0.3 is 0 Å². The highest BCUT2D eigenvalue weighted by atomic mass is 35.5. The summed E-state index contributed by atoms with van der Waals surface area (Å²) >= 11 is 5.96. The van der Waals surface area contributed by atoms with Gasteiger partial charge >= 0.3 is 0 Å². The number of benzene rings is 2. The Balaban J connectivity index is 1.96. The predicted octanol–water partition coefficient (Wildman–Crippen LogP) is 4.11. The summed E-state index contributed by atoms with van der Waals surface area (Å²) in [5.74, 6) is 0.575. The van der Waals surface area contributed by atoms with Gasteiger partial charge in [-0.3, -0.25) is 0 Å². The molecule has 2 heterocycles. The van der Waals surface area contributed by atoms with Crippen molar-refractivity contribution in [1.29, 1.82) is 0 Å². The van der Waals surface area contributed by atoms with Crippen LogP contribution in [0.4, 0.5) is 0 Å². The van der Waals surface area contributed by atoms with Gasteiger partial charge in [-0.25, -0.2) is 4.98 Å². The maximum atomic E-state index is 5.96. The summed E-state index contributed by atoms with van der Waals surface area (Å²) in [5.41, 5.74) is 3.85. The van der Waals surface area contributed by atoms with Crippen LogP contribution < -0.4 is 0 Å². The van der Waals surface area contributed by atoms with Crippen molar-refractivity contribution in [3.05, 3.63) is 72.0 Å². The van der Waals surface area contributed by atoms with Crippen LogP contribution in [0.5, 0.6) is 0 Å². The quantitative estimate of drug-likeness (QED) is 0.559. The highest BCUT2D eigenvalue weighted by molar-refractivity contribution is 6.30. The number of fused-ring (bicyclic) bond motifs is 1. The summed E-state index contributed by atoms with van der Waals surface area (Å²) in [7, 11) is 0. The van der Waals surface area contributed by atoms with Crippen molar-refractivity contribution in [3.63, 3.8) is 0 Å². The van der Waals surface area contributed by atoms with Crippen molar-refractivity contribution < 1.29 is 0 Å². The largest absolute Gasteiger partial charge is 0.253 e. The zero-order chi connectivity index (χ0) is 14.9. The molecule has 106 valence electrons. The van der Waals surface area contributed by atoms with Crippen LogP contribution in [-0.2, 0) is 0 Å². The molecule has 4 rings (SSSR count). The van der Waals surface area contributed by atoms with Crippen LogP contribution in [0.2, 0.25) is 5.02 Å². The molecule has 2 aromatic heterocycles. The minimum Gasteiger partial charge on any atom is -0.211 e. The molecule has 2 aromatic carbocycles. The Morgan fingerprint density at radius 3 is 2.41 bits per heavy atom. The first kappa shape index (κ1) is 13.0. The van der Waals surface area contributed by atoms with Crippen LogP contribution in [0.3, 0.4) is 0 Å². The molecule has 0 atom stereocenters. The fraction of sp³-hybridized carbons (Fsp3) is 0. The van der Waals surface area contributed by atoms with E-state index in [4.69, 9.17) is 11.6 Å². The van der Waals surface area contributed by atoms with Crippen LogP contribution in [-0.4, -0.2) is 19.6 Å². The van der Waals surface area contributed by atoms with Crippen LogP contribution >= 0.6 is 11.6 Å².